The smallest absolute Gasteiger partial charge is 0.246 e. The Balaban J connectivity index is 1.34. The molecule has 230 valence electrons. The van der Waals surface area contributed by atoms with Crippen molar-refractivity contribution in [1.29, 1.82) is 5.26 Å². The zero-order valence-corrected chi connectivity index (χ0v) is 26.0. The summed E-state index contributed by atoms with van der Waals surface area (Å²) in [6, 6.07) is 16.9. The van der Waals surface area contributed by atoms with Crippen LogP contribution in [0.3, 0.4) is 0 Å². The van der Waals surface area contributed by atoms with Gasteiger partial charge >= 0.3 is 0 Å². The maximum absolute atomic E-state index is 14.6. The summed E-state index contributed by atoms with van der Waals surface area (Å²) in [5.41, 5.74) is 3.23. The van der Waals surface area contributed by atoms with Crippen LogP contribution in [0.25, 0.3) is 32.8 Å². The van der Waals surface area contributed by atoms with Crippen molar-refractivity contribution in [1.82, 2.24) is 14.8 Å². The Morgan fingerprint density at radius 1 is 1.22 bits per heavy atom. The lowest BCUT2D eigenvalue weighted by molar-refractivity contribution is -0.126. The van der Waals surface area contributed by atoms with Crippen molar-refractivity contribution < 1.29 is 13.9 Å². The number of anilines is 1. The number of halogens is 2. The molecule has 0 spiro atoms. The molecule has 0 unspecified atom stereocenters. The van der Waals surface area contributed by atoms with Crippen LogP contribution in [-0.2, 0) is 4.79 Å². The Morgan fingerprint density at radius 2 is 2.02 bits per heavy atom. The first-order valence-electron chi connectivity index (χ1n) is 15.7. The number of likely N-dealkylation sites (tertiary alicyclic amines) is 1. The first kappa shape index (κ1) is 29.5. The molecule has 1 N–H and O–H groups in total. The van der Waals surface area contributed by atoms with Crippen molar-refractivity contribution in [2.45, 2.75) is 56.7 Å². The summed E-state index contributed by atoms with van der Waals surface area (Å²) in [5, 5.41) is 16.5. The highest BCUT2D eigenvalue weighted by Crippen LogP contribution is 2.42. The van der Waals surface area contributed by atoms with Gasteiger partial charge in [0.05, 0.1) is 21.8 Å². The number of benzene rings is 3. The molecule has 7 rings (SSSR count). The molecule has 4 aromatic rings. The highest BCUT2D eigenvalue weighted by Gasteiger charge is 2.45. The van der Waals surface area contributed by atoms with E-state index in [1.807, 2.05) is 43.3 Å². The second-order valence-corrected chi connectivity index (χ2v) is 12.9. The fraction of sp³-hybridized carbons (Fsp3) is 0.361. The van der Waals surface area contributed by atoms with Gasteiger partial charge in [-0.25, -0.2) is 9.37 Å². The van der Waals surface area contributed by atoms with Crippen LogP contribution in [0.15, 0.2) is 61.2 Å². The molecule has 45 heavy (non-hydrogen) atoms. The fourth-order valence-corrected chi connectivity index (χ4v) is 8.00. The molecule has 3 aliphatic heterocycles. The first-order chi connectivity index (χ1) is 21.8. The van der Waals surface area contributed by atoms with E-state index in [9.17, 15) is 14.4 Å². The Kier molecular flexibility index (Phi) is 7.63. The van der Waals surface area contributed by atoms with E-state index in [4.69, 9.17) is 21.3 Å². The van der Waals surface area contributed by atoms with Crippen LogP contribution in [0.5, 0.6) is 5.88 Å². The zero-order valence-electron chi connectivity index (χ0n) is 25.3. The average Bonchev–Trinajstić information content (AvgIpc) is 3.75. The molecular formula is C36H35ClFN5O2. The van der Waals surface area contributed by atoms with Gasteiger partial charge in [-0.2, -0.15) is 5.26 Å². The largest absolute Gasteiger partial charge is 0.475 e. The average molecular weight is 624 g/mol. The van der Waals surface area contributed by atoms with Gasteiger partial charge in [-0.3, -0.25) is 9.69 Å². The molecule has 3 aliphatic rings. The van der Waals surface area contributed by atoms with E-state index in [1.54, 1.807) is 11.0 Å². The lowest BCUT2D eigenvalue weighted by atomic mass is 9.95. The Labute approximate surface area is 267 Å². The van der Waals surface area contributed by atoms with Crippen LogP contribution >= 0.6 is 11.6 Å². The van der Waals surface area contributed by atoms with Crippen LogP contribution in [-0.4, -0.2) is 64.6 Å². The summed E-state index contributed by atoms with van der Waals surface area (Å²) in [6.45, 7) is 8.88. The maximum Gasteiger partial charge on any atom is 0.246 e. The third kappa shape index (κ3) is 4.99. The van der Waals surface area contributed by atoms with E-state index in [2.05, 4.69) is 22.9 Å². The van der Waals surface area contributed by atoms with Crippen LogP contribution in [0.2, 0.25) is 5.02 Å². The number of amides is 1. The second-order valence-electron chi connectivity index (χ2n) is 12.5. The zero-order chi connectivity index (χ0) is 31.3. The van der Waals surface area contributed by atoms with E-state index >= 15 is 0 Å². The minimum Gasteiger partial charge on any atom is -0.475 e. The van der Waals surface area contributed by atoms with Gasteiger partial charge in [-0.15, -0.1) is 0 Å². The fourth-order valence-electron chi connectivity index (χ4n) is 7.73. The number of fused-ring (bicyclic) bond motifs is 3. The SMILES string of the molecule is C=CC(=O)N1CC[C@@H](Nc2c(C#N)c(OCC34CCCN3CCC4)nc3cc(-c4cccc5ccc(F)c(Cl)c45)ccc23)[C@H]1C. The monoisotopic (exact) mass is 623 g/mol. The maximum atomic E-state index is 14.6. The predicted molar refractivity (Wildman–Crippen MR) is 176 cm³/mol. The number of rotatable bonds is 7. The molecule has 0 bridgehead atoms. The molecule has 3 aromatic carbocycles. The van der Waals surface area contributed by atoms with Crippen LogP contribution in [0, 0.1) is 17.1 Å². The van der Waals surface area contributed by atoms with Crippen molar-refractivity contribution in [2.75, 3.05) is 31.6 Å². The number of hydrogen-bond acceptors (Lipinski definition) is 6. The van der Waals surface area contributed by atoms with Gasteiger partial charge in [0, 0.05) is 29.4 Å². The quantitative estimate of drug-likeness (QED) is 0.217. The normalized spacial score (nSPS) is 20.8. The van der Waals surface area contributed by atoms with Gasteiger partial charge in [0.25, 0.3) is 0 Å². The molecular weight excluding hydrogens is 589 g/mol. The van der Waals surface area contributed by atoms with Crippen LogP contribution in [0.4, 0.5) is 10.1 Å². The molecule has 7 nitrogen and oxygen atoms in total. The first-order valence-corrected chi connectivity index (χ1v) is 16.0. The Hall–Kier alpha value is -4.19. The number of ether oxygens (including phenoxy) is 1. The summed E-state index contributed by atoms with van der Waals surface area (Å²) in [4.78, 5) is 21.7. The summed E-state index contributed by atoms with van der Waals surface area (Å²) in [6.07, 6.45) is 6.50. The molecule has 9 heteroatoms. The third-order valence-corrected chi connectivity index (χ3v) is 10.5. The summed E-state index contributed by atoms with van der Waals surface area (Å²) in [7, 11) is 0. The van der Waals surface area contributed by atoms with E-state index in [0.717, 1.165) is 67.1 Å². The van der Waals surface area contributed by atoms with E-state index in [1.165, 1.54) is 12.1 Å². The van der Waals surface area contributed by atoms with E-state index in [-0.39, 0.29) is 28.6 Å². The highest BCUT2D eigenvalue weighted by atomic mass is 35.5. The van der Waals surface area contributed by atoms with Crippen LogP contribution in [0.1, 0.15) is 44.6 Å². The van der Waals surface area contributed by atoms with Crippen molar-refractivity contribution in [3.8, 4) is 23.1 Å². The van der Waals surface area contributed by atoms with E-state index in [0.29, 0.717) is 41.2 Å². The number of nitrogens with one attached hydrogen (secondary N) is 1. The van der Waals surface area contributed by atoms with Crippen molar-refractivity contribution in [2.24, 2.45) is 0 Å². The van der Waals surface area contributed by atoms with Gasteiger partial charge in [0.1, 0.15) is 24.1 Å². The summed E-state index contributed by atoms with van der Waals surface area (Å²) >= 11 is 6.49. The van der Waals surface area contributed by atoms with Crippen molar-refractivity contribution >= 4 is 44.9 Å². The lowest BCUT2D eigenvalue weighted by Crippen LogP contribution is -2.43. The Bertz CT molecular complexity index is 1880. The molecule has 4 heterocycles. The molecule has 1 aromatic heterocycles. The number of pyridine rings is 1. The van der Waals surface area contributed by atoms with Gasteiger partial charge in [0.2, 0.25) is 11.8 Å². The molecule has 0 saturated carbocycles. The number of carbonyl (C=O) groups is 1. The molecule has 1 amide bonds. The summed E-state index contributed by atoms with van der Waals surface area (Å²) in [5.74, 6) is -0.287. The van der Waals surface area contributed by atoms with E-state index < -0.39 is 5.82 Å². The topological polar surface area (TPSA) is 81.5 Å². The van der Waals surface area contributed by atoms with Crippen molar-refractivity contribution in [3.63, 3.8) is 0 Å². The van der Waals surface area contributed by atoms with Crippen molar-refractivity contribution in [3.05, 3.63) is 77.6 Å². The number of carbonyl (C=O) groups excluding carboxylic acids is 1. The minimum absolute atomic E-state index is 0.0197. The molecule has 0 radical (unpaired) electrons. The minimum atomic E-state index is -0.474. The second kappa shape index (κ2) is 11.6. The number of nitriles is 1. The van der Waals surface area contributed by atoms with Gasteiger partial charge in [0.15, 0.2) is 0 Å². The molecule has 2 atom stereocenters. The lowest BCUT2D eigenvalue weighted by Gasteiger charge is -2.32. The Morgan fingerprint density at radius 3 is 2.78 bits per heavy atom. The standard InChI is InChI=1S/C36H35ClFN5O2/c1-3-31(44)43-18-13-29(22(43)2)40-34-26-11-9-24(25-8-4-7-23-10-12-28(38)33(37)32(23)25)19-30(26)41-35(27(34)20-39)45-21-36-14-5-16-42(36)17-6-15-36/h3-4,7-12,19,22,29H,1,5-6,13-18,21H2,2H3,(H,40,41)/t22-,29-/m1/s1. The number of aromatic nitrogens is 1. The summed E-state index contributed by atoms with van der Waals surface area (Å²) < 4.78 is 21.1. The van der Waals surface area contributed by atoms with Gasteiger partial charge in [-0.05, 0) is 86.8 Å². The van der Waals surface area contributed by atoms with Gasteiger partial charge in [-0.1, -0.05) is 54.6 Å². The molecule has 0 aliphatic carbocycles. The predicted octanol–water partition coefficient (Wildman–Crippen LogP) is 7.31. The molecule has 3 saturated heterocycles. The number of hydrogen-bond donors (Lipinski definition) is 1. The van der Waals surface area contributed by atoms with Gasteiger partial charge < -0.3 is 15.0 Å². The molecule has 3 fully saturated rings. The third-order valence-electron chi connectivity index (χ3n) is 10.1. The van der Waals surface area contributed by atoms with Crippen LogP contribution < -0.4 is 10.1 Å². The highest BCUT2D eigenvalue weighted by molar-refractivity contribution is 6.37. The number of nitrogens with zero attached hydrogens (tertiary/aromatic N) is 4.